The molecule has 3 rings (SSSR count). The van der Waals surface area contributed by atoms with Gasteiger partial charge in [0.2, 0.25) is 5.91 Å². The molecular weight excluding hydrogens is 310 g/mol. The number of rotatable bonds is 3. The van der Waals surface area contributed by atoms with Crippen LogP contribution in [0, 0.1) is 27.7 Å². The van der Waals surface area contributed by atoms with Crippen molar-refractivity contribution in [3.63, 3.8) is 0 Å². The lowest BCUT2D eigenvalue weighted by Gasteiger charge is -2.32. The van der Waals surface area contributed by atoms with Gasteiger partial charge in [-0.05, 0) is 40.5 Å². The number of piperidine rings is 1. The Balaban J connectivity index is 1.69. The maximum absolute atomic E-state index is 12.7. The maximum atomic E-state index is 12.7. The Kier molecular flexibility index (Phi) is 4.53. The second kappa shape index (κ2) is 6.43. The van der Waals surface area contributed by atoms with E-state index in [9.17, 15) is 4.79 Å². The van der Waals surface area contributed by atoms with Gasteiger partial charge in [-0.25, -0.2) is 4.98 Å². The van der Waals surface area contributed by atoms with Gasteiger partial charge in [-0.1, -0.05) is 5.16 Å². The van der Waals surface area contributed by atoms with E-state index >= 15 is 0 Å². The van der Waals surface area contributed by atoms with Gasteiger partial charge in [-0.15, -0.1) is 11.3 Å². The lowest BCUT2D eigenvalue weighted by molar-refractivity contribution is -0.131. The highest BCUT2D eigenvalue weighted by molar-refractivity contribution is 7.11. The second-order valence-electron chi connectivity index (χ2n) is 6.35. The van der Waals surface area contributed by atoms with E-state index in [4.69, 9.17) is 4.52 Å². The van der Waals surface area contributed by atoms with E-state index in [1.54, 1.807) is 11.3 Å². The predicted molar refractivity (Wildman–Crippen MR) is 89.8 cm³/mol. The highest BCUT2D eigenvalue weighted by Crippen LogP contribution is 2.31. The lowest BCUT2D eigenvalue weighted by atomic mass is 9.98. The Morgan fingerprint density at radius 2 is 2.09 bits per heavy atom. The van der Waals surface area contributed by atoms with Crippen molar-refractivity contribution >= 4 is 17.2 Å². The molecule has 2 aromatic heterocycles. The van der Waals surface area contributed by atoms with Crippen molar-refractivity contribution in [3.05, 3.63) is 32.6 Å². The molecule has 0 unspecified atom stereocenters. The number of hydrogen-bond donors (Lipinski definition) is 0. The van der Waals surface area contributed by atoms with E-state index in [1.807, 2.05) is 18.7 Å². The first-order valence-corrected chi connectivity index (χ1v) is 8.90. The maximum Gasteiger partial charge on any atom is 0.227 e. The van der Waals surface area contributed by atoms with Crippen LogP contribution in [-0.2, 0) is 11.2 Å². The molecule has 1 aliphatic rings. The summed E-state index contributed by atoms with van der Waals surface area (Å²) in [7, 11) is 0. The van der Waals surface area contributed by atoms with Gasteiger partial charge in [0, 0.05) is 29.4 Å². The molecule has 1 amide bonds. The number of aromatic nitrogens is 2. The molecule has 2 aromatic rings. The van der Waals surface area contributed by atoms with Crippen molar-refractivity contribution < 1.29 is 9.32 Å². The molecule has 0 aliphatic carbocycles. The summed E-state index contributed by atoms with van der Waals surface area (Å²) in [4.78, 5) is 20.6. The fourth-order valence-electron chi connectivity index (χ4n) is 3.09. The lowest BCUT2D eigenvalue weighted by Crippen LogP contribution is -2.40. The first-order valence-electron chi connectivity index (χ1n) is 8.09. The van der Waals surface area contributed by atoms with Crippen molar-refractivity contribution in [2.24, 2.45) is 0 Å². The topological polar surface area (TPSA) is 59.2 Å². The van der Waals surface area contributed by atoms with Gasteiger partial charge in [0.15, 0.2) is 0 Å². The van der Waals surface area contributed by atoms with Gasteiger partial charge >= 0.3 is 0 Å². The van der Waals surface area contributed by atoms with Gasteiger partial charge in [0.1, 0.15) is 5.76 Å². The third kappa shape index (κ3) is 3.32. The van der Waals surface area contributed by atoms with Crippen molar-refractivity contribution in [2.75, 3.05) is 13.1 Å². The summed E-state index contributed by atoms with van der Waals surface area (Å²) in [5.74, 6) is 1.28. The first-order chi connectivity index (χ1) is 11.0. The van der Waals surface area contributed by atoms with E-state index in [0.29, 0.717) is 12.3 Å². The summed E-state index contributed by atoms with van der Waals surface area (Å²) >= 11 is 1.77. The molecule has 1 saturated heterocycles. The Morgan fingerprint density at radius 1 is 1.30 bits per heavy atom. The number of carbonyl (C=O) groups is 1. The van der Waals surface area contributed by atoms with Crippen molar-refractivity contribution in [3.8, 4) is 0 Å². The van der Waals surface area contributed by atoms with E-state index < -0.39 is 0 Å². The molecule has 0 saturated carbocycles. The minimum Gasteiger partial charge on any atom is -0.361 e. The fourth-order valence-corrected chi connectivity index (χ4v) is 4.14. The largest absolute Gasteiger partial charge is 0.361 e. The van der Waals surface area contributed by atoms with Crippen LogP contribution in [0.15, 0.2) is 4.52 Å². The Labute approximate surface area is 140 Å². The van der Waals surface area contributed by atoms with Crippen LogP contribution < -0.4 is 0 Å². The van der Waals surface area contributed by atoms with Crippen LogP contribution >= 0.6 is 11.3 Å². The number of hydrogen-bond acceptors (Lipinski definition) is 5. The minimum atomic E-state index is 0.161. The van der Waals surface area contributed by atoms with Gasteiger partial charge < -0.3 is 9.42 Å². The predicted octanol–water partition coefficient (Wildman–Crippen LogP) is 3.31. The molecule has 6 heteroatoms. The average Bonchev–Trinajstić information content (AvgIpc) is 3.04. The number of likely N-dealkylation sites (tertiary alicyclic amines) is 1. The molecule has 0 bridgehead atoms. The molecule has 23 heavy (non-hydrogen) atoms. The van der Waals surface area contributed by atoms with E-state index in [1.165, 1.54) is 9.88 Å². The van der Waals surface area contributed by atoms with Gasteiger partial charge in [0.25, 0.3) is 0 Å². The zero-order valence-corrected chi connectivity index (χ0v) is 15.0. The normalized spacial score (nSPS) is 18.4. The molecule has 0 aromatic carbocycles. The highest BCUT2D eigenvalue weighted by Gasteiger charge is 2.28. The molecule has 5 nitrogen and oxygen atoms in total. The number of nitrogens with zero attached hydrogens (tertiary/aromatic N) is 3. The van der Waals surface area contributed by atoms with E-state index in [2.05, 4.69) is 24.0 Å². The van der Waals surface area contributed by atoms with Crippen LogP contribution in [0.3, 0.4) is 0 Å². The van der Waals surface area contributed by atoms with Crippen LogP contribution in [0.25, 0.3) is 0 Å². The van der Waals surface area contributed by atoms with Gasteiger partial charge in [-0.2, -0.15) is 0 Å². The van der Waals surface area contributed by atoms with Crippen LogP contribution in [-0.4, -0.2) is 34.0 Å². The van der Waals surface area contributed by atoms with Crippen molar-refractivity contribution in [1.82, 2.24) is 15.0 Å². The third-order valence-electron chi connectivity index (χ3n) is 4.68. The Morgan fingerprint density at radius 3 is 2.70 bits per heavy atom. The molecule has 1 fully saturated rings. The summed E-state index contributed by atoms with van der Waals surface area (Å²) in [6.07, 6.45) is 2.53. The summed E-state index contributed by atoms with van der Waals surface area (Å²) in [5, 5.41) is 5.11. The summed E-state index contributed by atoms with van der Waals surface area (Å²) in [6.45, 7) is 9.52. The minimum absolute atomic E-state index is 0.161. The number of aryl methyl sites for hydroxylation is 4. The highest BCUT2D eigenvalue weighted by atomic mass is 32.1. The summed E-state index contributed by atoms with van der Waals surface area (Å²) in [5.41, 5.74) is 2.86. The standard InChI is InChI=1S/C17H23N3O2S/c1-10-13(4)23-17(18-10)14-6-5-7-20(9-14)16(21)8-15-11(2)19-22-12(15)3/h14H,5-9H2,1-4H3/t14-/m0/s1. The van der Waals surface area contributed by atoms with Crippen LogP contribution in [0.5, 0.6) is 0 Å². The molecule has 1 aliphatic heterocycles. The molecular formula is C17H23N3O2S. The van der Waals surface area contributed by atoms with Crippen LogP contribution in [0.1, 0.15) is 51.4 Å². The zero-order valence-electron chi connectivity index (χ0n) is 14.2. The molecule has 1 atom stereocenters. The van der Waals surface area contributed by atoms with Crippen LogP contribution in [0.4, 0.5) is 0 Å². The average molecular weight is 333 g/mol. The summed E-state index contributed by atoms with van der Waals surface area (Å²) < 4.78 is 5.16. The number of thiazole rings is 1. The number of carbonyl (C=O) groups excluding carboxylic acids is 1. The van der Waals surface area contributed by atoms with Gasteiger partial charge in [-0.3, -0.25) is 4.79 Å². The monoisotopic (exact) mass is 333 g/mol. The Hall–Kier alpha value is -1.69. The van der Waals surface area contributed by atoms with E-state index in [0.717, 1.165) is 48.6 Å². The smallest absolute Gasteiger partial charge is 0.227 e. The molecule has 0 N–H and O–H groups in total. The first kappa shape index (κ1) is 16.2. The Bertz CT molecular complexity index is 680. The zero-order chi connectivity index (χ0) is 16.6. The molecule has 124 valence electrons. The van der Waals surface area contributed by atoms with E-state index in [-0.39, 0.29) is 5.91 Å². The number of amides is 1. The summed E-state index contributed by atoms with van der Waals surface area (Å²) in [6, 6.07) is 0. The molecule has 3 heterocycles. The molecule has 0 radical (unpaired) electrons. The second-order valence-corrected chi connectivity index (χ2v) is 7.59. The fraction of sp³-hybridized carbons (Fsp3) is 0.588. The van der Waals surface area contributed by atoms with Crippen LogP contribution in [0.2, 0.25) is 0 Å². The van der Waals surface area contributed by atoms with Crippen molar-refractivity contribution in [2.45, 2.75) is 52.9 Å². The molecule has 0 spiro atoms. The van der Waals surface area contributed by atoms with Crippen molar-refractivity contribution in [1.29, 1.82) is 0 Å². The van der Waals surface area contributed by atoms with Gasteiger partial charge in [0.05, 0.1) is 22.8 Å². The SMILES string of the molecule is Cc1nc([C@H]2CCCN(C(=O)Cc3c(C)noc3C)C2)sc1C. The quantitative estimate of drug-likeness (QED) is 0.864. The third-order valence-corrected chi connectivity index (χ3v) is 5.91.